The molecule has 11 heteroatoms. The average Bonchev–Trinajstić information content (AvgIpc) is 2.70. The molecular formula is C18H24BN3O6S. The van der Waals surface area contributed by atoms with E-state index in [1.54, 1.807) is 24.0 Å². The highest BCUT2D eigenvalue weighted by atomic mass is 32.2. The minimum atomic E-state index is -1.22. The number of amides is 1. The molecule has 0 aromatic heterocycles. The maximum atomic E-state index is 12.5. The number of fused-ring (bicyclic) bond motifs is 1. The summed E-state index contributed by atoms with van der Waals surface area (Å²) < 4.78 is 10.6. The lowest BCUT2D eigenvalue weighted by molar-refractivity contribution is -0.129. The van der Waals surface area contributed by atoms with Crippen LogP contribution in [0.25, 0.3) is 0 Å². The number of piperazine rings is 1. The predicted molar refractivity (Wildman–Crippen MR) is 110 cm³/mol. The Balaban J connectivity index is 1.61. The lowest BCUT2D eigenvalue weighted by atomic mass is 9.77. The molecule has 0 saturated carbocycles. The van der Waals surface area contributed by atoms with E-state index in [-0.39, 0.29) is 33.9 Å². The SMILES string of the molecule is COc1ccc2c(c1C(=O)O)OB(O)C(SCC(=O)N1CCN(C(C)=N)CC1)C2. The van der Waals surface area contributed by atoms with Gasteiger partial charge in [0.15, 0.2) is 0 Å². The highest BCUT2D eigenvalue weighted by molar-refractivity contribution is 8.01. The van der Waals surface area contributed by atoms with Crippen molar-refractivity contribution in [1.29, 1.82) is 5.41 Å². The third kappa shape index (κ3) is 4.61. The number of rotatable bonds is 5. The van der Waals surface area contributed by atoms with Gasteiger partial charge in [0.25, 0.3) is 0 Å². The van der Waals surface area contributed by atoms with E-state index in [2.05, 4.69) is 0 Å². The molecule has 1 unspecified atom stereocenters. The number of aromatic carboxylic acids is 1. The quantitative estimate of drug-likeness (QED) is 0.359. The molecule has 1 aromatic carbocycles. The summed E-state index contributed by atoms with van der Waals surface area (Å²) >= 11 is 1.30. The molecule has 1 aromatic rings. The minimum Gasteiger partial charge on any atom is -0.534 e. The van der Waals surface area contributed by atoms with Crippen LogP contribution in [0.1, 0.15) is 22.8 Å². The number of benzene rings is 1. The van der Waals surface area contributed by atoms with E-state index in [1.165, 1.54) is 18.9 Å². The maximum Gasteiger partial charge on any atom is 0.536 e. The Kier molecular flexibility index (Phi) is 6.58. The number of carbonyl (C=O) groups is 2. The van der Waals surface area contributed by atoms with Gasteiger partial charge in [-0.1, -0.05) is 6.07 Å². The molecule has 0 aliphatic carbocycles. The number of amidine groups is 1. The summed E-state index contributed by atoms with van der Waals surface area (Å²) in [4.78, 5) is 27.8. The van der Waals surface area contributed by atoms with Crippen LogP contribution in [0.15, 0.2) is 12.1 Å². The molecule has 9 nitrogen and oxygen atoms in total. The van der Waals surface area contributed by atoms with Crippen molar-refractivity contribution >= 4 is 36.6 Å². The highest BCUT2D eigenvalue weighted by Gasteiger charge is 2.38. The summed E-state index contributed by atoms with van der Waals surface area (Å²) in [5.41, 5.74) is 0.552. The van der Waals surface area contributed by atoms with Crippen LogP contribution in [0, 0.1) is 5.41 Å². The number of nitrogens with zero attached hydrogens (tertiary/aromatic N) is 2. The maximum absolute atomic E-state index is 12.5. The van der Waals surface area contributed by atoms with E-state index in [0.717, 1.165) is 0 Å². The predicted octanol–water partition coefficient (Wildman–Crippen LogP) is 0.591. The van der Waals surface area contributed by atoms with Crippen LogP contribution < -0.4 is 9.39 Å². The van der Waals surface area contributed by atoms with Crippen LogP contribution >= 0.6 is 11.8 Å². The molecule has 1 amide bonds. The number of ether oxygens (including phenoxy) is 1. The van der Waals surface area contributed by atoms with E-state index < -0.39 is 13.1 Å². The molecule has 29 heavy (non-hydrogen) atoms. The third-order valence-corrected chi connectivity index (χ3v) is 6.38. The van der Waals surface area contributed by atoms with Crippen LogP contribution in [0.2, 0.25) is 0 Å². The largest absolute Gasteiger partial charge is 0.536 e. The monoisotopic (exact) mass is 421 g/mol. The Hall–Kier alpha value is -2.40. The molecule has 1 atom stereocenters. The van der Waals surface area contributed by atoms with Crippen LogP contribution in [-0.2, 0) is 11.2 Å². The third-order valence-electron chi connectivity index (χ3n) is 5.14. The highest BCUT2D eigenvalue weighted by Crippen LogP contribution is 2.38. The summed E-state index contributed by atoms with van der Waals surface area (Å²) in [6.07, 6.45) is 0.388. The summed E-state index contributed by atoms with van der Waals surface area (Å²) in [7, 11) is 0.156. The number of carboxylic acids is 1. The molecule has 0 radical (unpaired) electrons. The van der Waals surface area contributed by atoms with Gasteiger partial charge in [0.05, 0.1) is 23.8 Å². The van der Waals surface area contributed by atoms with Gasteiger partial charge in [-0.25, -0.2) is 4.79 Å². The van der Waals surface area contributed by atoms with Crippen molar-refractivity contribution in [2.24, 2.45) is 0 Å². The first-order chi connectivity index (χ1) is 13.8. The van der Waals surface area contributed by atoms with Gasteiger partial charge in [0, 0.05) is 26.2 Å². The zero-order valence-electron chi connectivity index (χ0n) is 16.4. The lowest BCUT2D eigenvalue weighted by Crippen LogP contribution is -2.50. The van der Waals surface area contributed by atoms with E-state index in [0.29, 0.717) is 44.0 Å². The van der Waals surface area contributed by atoms with Crippen LogP contribution in [-0.4, -0.2) is 89.0 Å². The Morgan fingerprint density at radius 1 is 1.31 bits per heavy atom. The topological polar surface area (TPSA) is 123 Å². The number of methoxy groups -OCH3 is 1. The first kappa shape index (κ1) is 21.3. The van der Waals surface area contributed by atoms with E-state index in [9.17, 15) is 19.7 Å². The van der Waals surface area contributed by atoms with Crippen molar-refractivity contribution in [3.05, 3.63) is 23.3 Å². The average molecular weight is 421 g/mol. The summed E-state index contributed by atoms with van der Waals surface area (Å²) in [6.45, 7) is 4.18. The standard InChI is InChI=1S/C18H24BN3O6S/c1-11(20)21-5-7-22(8-6-21)15(23)10-29-14-9-12-3-4-13(27-2)16(18(24)25)17(12)28-19(14)26/h3-4,14,20,26H,5-10H2,1-2H3,(H,24,25). The van der Waals surface area contributed by atoms with Gasteiger partial charge in [0.1, 0.15) is 17.1 Å². The molecule has 3 N–H and O–H groups in total. The fourth-order valence-corrected chi connectivity index (χ4v) is 4.55. The number of hydrogen-bond donors (Lipinski definition) is 3. The molecule has 1 fully saturated rings. The van der Waals surface area contributed by atoms with Crippen LogP contribution in [0.5, 0.6) is 11.5 Å². The Morgan fingerprint density at radius 3 is 2.55 bits per heavy atom. The van der Waals surface area contributed by atoms with E-state index in [1.807, 2.05) is 4.90 Å². The van der Waals surface area contributed by atoms with Crippen molar-refractivity contribution in [3.8, 4) is 11.5 Å². The normalized spacial score (nSPS) is 18.7. The van der Waals surface area contributed by atoms with E-state index >= 15 is 0 Å². The van der Waals surface area contributed by atoms with Gasteiger partial charge in [-0.3, -0.25) is 10.2 Å². The van der Waals surface area contributed by atoms with Crippen molar-refractivity contribution in [2.45, 2.75) is 18.5 Å². The molecular weight excluding hydrogens is 397 g/mol. The van der Waals surface area contributed by atoms with Crippen molar-refractivity contribution in [3.63, 3.8) is 0 Å². The first-order valence-electron chi connectivity index (χ1n) is 9.29. The molecule has 0 spiro atoms. The number of nitrogens with one attached hydrogen (secondary N) is 1. The van der Waals surface area contributed by atoms with E-state index in [4.69, 9.17) is 14.8 Å². The molecule has 0 bridgehead atoms. The second-order valence-corrected chi connectivity index (χ2v) is 8.18. The first-order valence-corrected chi connectivity index (χ1v) is 10.3. The van der Waals surface area contributed by atoms with Crippen LogP contribution in [0.4, 0.5) is 0 Å². The molecule has 156 valence electrons. The van der Waals surface area contributed by atoms with Crippen LogP contribution in [0.3, 0.4) is 0 Å². The summed E-state index contributed by atoms with van der Waals surface area (Å²) in [5.74, 6) is -0.214. The fraction of sp³-hybridized carbons (Fsp3) is 0.500. The second kappa shape index (κ2) is 8.96. The second-order valence-electron chi connectivity index (χ2n) is 6.95. The lowest BCUT2D eigenvalue weighted by Gasteiger charge is -2.35. The van der Waals surface area contributed by atoms with Crippen molar-refractivity contribution in [1.82, 2.24) is 9.80 Å². The van der Waals surface area contributed by atoms with Gasteiger partial charge in [-0.2, -0.15) is 0 Å². The molecule has 1 saturated heterocycles. The number of thioether (sulfide) groups is 1. The van der Waals surface area contributed by atoms with Crippen molar-refractivity contribution in [2.75, 3.05) is 39.0 Å². The smallest absolute Gasteiger partial charge is 0.534 e. The van der Waals surface area contributed by atoms with Gasteiger partial charge in [-0.05, 0) is 25.0 Å². The molecule has 3 rings (SSSR count). The summed E-state index contributed by atoms with van der Waals surface area (Å²) in [5, 5.41) is 27.1. The molecule has 2 heterocycles. The number of carboxylic acid groups (broad SMARTS) is 1. The number of hydrogen-bond acceptors (Lipinski definition) is 7. The van der Waals surface area contributed by atoms with Crippen molar-refractivity contribution < 1.29 is 29.1 Å². The molecule has 2 aliphatic heterocycles. The van der Waals surface area contributed by atoms with Gasteiger partial charge in [-0.15, -0.1) is 11.8 Å². The van der Waals surface area contributed by atoms with Gasteiger partial charge < -0.3 is 29.3 Å². The summed E-state index contributed by atoms with van der Waals surface area (Å²) in [6, 6.07) is 3.29. The Labute approximate surface area is 173 Å². The minimum absolute atomic E-state index is 0.0174. The fourth-order valence-electron chi connectivity index (χ4n) is 3.49. The van der Waals surface area contributed by atoms with Gasteiger partial charge >= 0.3 is 13.1 Å². The number of carbonyl (C=O) groups excluding carboxylic acids is 1. The zero-order valence-corrected chi connectivity index (χ0v) is 17.2. The molecule has 2 aliphatic rings. The van der Waals surface area contributed by atoms with Gasteiger partial charge in [0.2, 0.25) is 5.91 Å². The Bertz CT molecular complexity index is 815. The zero-order chi connectivity index (χ0) is 21.1. The Morgan fingerprint density at radius 2 is 1.97 bits per heavy atom.